The van der Waals surface area contributed by atoms with E-state index in [0.29, 0.717) is 0 Å². The first-order valence-electron chi connectivity index (χ1n) is 3.93. The van der Waals surface area contributed by atoms with Crippen LogP contribution in [0.3, 0.4) is 0 Å². The molecule has 0 aliphatic rings. The molecule has 0 aromatic heterocycles. The molecule has 0 heterocycles. The second-order valence-electron chi connectivity index (χ2n) is 2.17. The maximum absolute atomic E-state index is 10.1. The Kier molecular flexibility index (Phi) is 10.7. The summed E-state index contributed by atoms with van der Waals surface area (Å²) in [6, 6.07) is 0. The number of carboxylic acid groups (broad SMARTS) is 1. The third-order valence-corrected chi connectivity index (χ3v) is 0.985. The van der Waals surface area contributed by atoms with Crippen molar-refractivity contribution in [2.24, 2.45) is 5.18 Å². The number of aliphatic hydroxyl groups excluding tert-OH is 1. The van der Waals surface area contributed by atoms with Gasteiger partial charge < -0.3 is 15.5 Å². The van der Waals surface area contributed by atoms with Gasteiger partial charge in [0.2, 0.25) is 5.91 Å². The lowest BCUT2D eigenvalue weighted by molar-refractivity contribution is -0.138. The van der Waals surface area contributed by atoms with Crippen molar-refractivity contribution in [3.8, 4) is 0 Å². The monoisotopic (exact) mass is 220 g/mol. The number of nitrogens with one attached hydrogen (secondary N) is 1. The number of amides is 2. The van der Waals surface area contributed by atoms with Crippen LogP contribution in [0.25, 0.3) is 0 Å². The van der Waals surface area contributed by atoms with Gasteiger partial charge in [0.1, 0.15) is 13.2 Å². The summed E-state index contributed by atoms with van der Waals surface area (Å²) in [5.74, 6) is -2.40. The summed E-state index contributed by atoms with van der Waals surface area (Å²) in [6.45, 7) is 0.469. The minimum atomic E-state index is -1.13. The Morgan fingerprint density at radius 3 is 2.07 bits per heavy atom. The van der Waals surface area contributed by atoms with Gasteiger partial charge in [-0.2, -0.15) is 0 Å². The molecular weight excluding hydrogens is 208 g/mol. The second kappa shape index (κ2) is 10.3. The number of hydrogen-bond donors (Lipinski definition) is 3. The molecule has 86 valence electrons. The molecule has 0 radical (unpaired) electrons. The standard InChI is InChI=1S/C4H7NO4.C3H5NO2/c6-2-3(7)5-1-4(8)9;1-2-3(5)4-6/h6H,1-2H2,(H,5,7)(H,8,9);2H2,1H3. The Morgan fingerprint density at radius 2 is 1.87 bits per heavy atom. The summed E-state index contributed by atoms with van der Waals surface area (Å²) in [4.78, 5) is 38.7. The molecule has 0 aromatic carbocycles. The van der Waals surface area contributed by atoms with E-state index in [9.17, 15) is 14.4 Å². The average molecular weight is 220 g/mol. The van der Waals surface area contributed by atoms with E-state index in [2.05, 4.69) is 5.18 Å². The molecule has 0 bridgehead atoms. The van der Waals surface area contributed by atoms with Gasteiger partial charge in [-0.25, -0.2) is 0 Å². The van der Waals surface area contributed by atoms with Gasteiger partial charge in [-0.05, 0) is 0 Å². The van der Waals surface area contributed by atoms with Crippen LogP contribution in [0, 0.1) is 4.91 Å². The lowest BCUT2D eigenvalue weighted by Crippen LogP contribution is -2.31. The molecule has 0 aliphatic heterocycles. The third-order valence-electron chi connectivity index (χ3n) is 0.985. The Labute approximate surface area is 85.3 Å². The second-order valence-corrected chi connectivity index (χ2v) is 2.17. The molecule has 2 amide bonds. The molecular formula is C7H12N2O6. The van der Waals surface area contributed by atoms with Gasteiger partial charge in [0.05, 0.1) is 0 Å². The van der Waals surface area contributed by atoms with Crippen molar-refractivity contribution >= 4 is 17.8 Å². The SMILES string of the molecule is CCC(=O)N=O.O=C(O)CNC(=O)CO. The van der Waals surface area contributed by atoms with E-state index in [4.69, 9.17) is 15.1 Å². The molecule has 15 heavy (non-hydrogen) atoms. The normalized spacial score (nSPS) is 8.13. The van der Waals surface area contributed by atoms with Crippen LogP contribution < -0.4 is 5.32 Å². The van der Waals surface area contributed by atoms with Gasteiger partial charge >= 0.3 is 5.97 Å². The lowest BCUT2D eigenvalue weighted by atomic mass is 10.5. The van der Waals surface area contributed by atoms with E-state index in [0.717, 1.165) is 0 Å². The minimum Gasteiger partial charge on any atom is -0.480 e. The highest BCUT2D eigenvalue weighted by molar-refractivity contribution is 5.81. The first kappa shape index (κ1) is 15.6. The van der Waals surface area contributed by atoms with E-state index < -0.39 is 30.9 Å². The van der Waals surface area contributed by atoms with E-state index in [1.54, 1.807) is 6.92 Å². The molecule has 0 saturated carbocycles. The summed E-state index contributed by atoms with van der Waals surface area (Å²) < 4.78 is 0. The van der Waals surface area contributed by atoms with Crippen molar-refractivity contribution in [3.63, 3.8) is 0 Å². The maximum atomic E-state index is 10.1. The van der Waals surface area contributed by atoms with Crippen molar-refractivity contribution in [1.82, 2.24) is 5.32 Å². The first-order valence-corrected chi connectivity index (χ1v) is 3.93. The van der Waals surface area contributed by atoms with Gasteiger partial charge in [-0.3, -0.25) is 14.4 Å². The number of nitrogens with zero attached hydrogens (tertiary/aromatic N) is 1. The van der Waals surface area contributed by atoms with Crippen molar-refractivity contribution in [1.29, 1.82) is 0 Å². The summed E-state index contributed by atoms with van der Waals surface area (Å²) in [5, 5.41) is 20.1. The molecule has 0 rings (SSSR count). The zero-order valence-corrected chi connectivity index (χ0v) is 8.10. The molecule has 3 N–H and O–H groups in total. The number of aliphatic carboxylic acids is 1. The van der Waals surface area contributed by atoms with Crippen LogP contribution in [-0.2, 0) is 14.4 Å². The van der Waals surface area contributed by atoms with Crippen molar-refractivity contribution < 1.29 is 24.6 Å². The number of carbonyl (C=O) groups is 3. The summed E-state index contributed by atoms with van der Waals surface area (Å²) in [7, 11) is 0. The van der Waals surface area contributed by atoms with Gasteiger partial charge in [-0.1, -0.05) is 6.92 Å². The third kappa shape index (κ3) is 15.0. The minimum absolute atomic E-state index is 0.212. The lowest BCUT2D eigenvalue weighted by Gasteiger charge is -1.95. The number of hydrogen-bond acceptors (Lipinski definition) is 5. The van der Waals surface area contributed by atoms with Gasteiger partial charge in [0.15, 0.2) is 0 Å². The van der Waals surface area contributed by atoms with Crippen LogP contribution in [0.1, 0.15) is 13.3 Å². The molecule has 0 spiro atoms. The summed E-state index contributed by atoms with van der Waals surface area (Å²) >= 11 is 0. The number of nitroso groups, excluding NO2 is 1. The van der Waals surface area contributed by atoms with E-state index in [1.165, 1.54) is 0 Å². The fourth-order valence-electron chi connectivity index (χ4n) is 0.295. The van der Waals surface area contributed by atoms with E-state index in [1.807, 2.05) is 5.32 Å². The number of carbonyl (C=O) groups excluding carboxylic acids is 2. The molecule has 8 heteroatoms. The average Bonchev–Trinajstić information content (AvgIpc) is 2.25. The van der Waals surface area contributed by atoms with Crippen LogP contribution in [0.2, 0.25) is 0 Å². The summed E-state index contributed by atoms with van der Waals surface area (Å²) in [6.07, 6.45) is 0.212. The fourth-order valence-corrected chi connectivity index (χ4v) is 0.295. The quantitative estimate of drug-likeness (QED) is 0.513. The Bertz CT molecular complexity index is 240. The number of aliphatic hydroxyl groups is 1. The van der Waals surface area contributed by atoms with E-state index >= 15 is 0 Å². The van der Waals surface area contributed by atoms with Crippen LogP contribution in [-0.4, -0.2) is 41.1 Å². The maximum Gasteiger partial charge on any atom is 0.322 e. The number of carboxylic acids is 1. The first-order chi connectivity index (χ1) is 6.97. The molecule has 0 unspecified atom stereocenters. The van der Waals surface area contributed by atoms with Crippen molar-refractivity contribution in [2.45, 2.75) is 13.3 Å². The van der Waals surface area contributed by atoms with Crippen molar-refractivity contribution in [3.05, 3.63) is 4.91 Å². The zero-order chi connectivity index (χ0) is 12.3. The Hall–Kier alpha value is -1.83. The van der Waals surface area contributed by atoms with Crippen molar-refractivity contribution in [2.75, 3.05) is 13.2 Å². The molecule has 0 atom stereocenters. The van der Waals surface area contributed by atoms with Crippen LogP contribution >= 0.6 is 0 Å². The molecule has 0 fully saturated rings. The topological polar surface area (TPSA) is 133 Å². The van der Waals surface area contributed by atoms with Crippen LogP contribution in [0.15, 0.2) is 5.18 Å². The predicted octanol–water partition coefficient (Wildman–Crippen LogP) is -1.13. The van der Waals surface area contributed by atoms with E-state index in [-0.39, 0.29) is 6.42 Å². The fraction of sp³-hybridized carbons (Fsp3) is 0.571. The molecule has 0 aromatic rings. The molecule has 0 aliphatic carbocycles. The molecule has 0 saturated heterocycles. The van der Waals surface area contributed by atoms with Crippen LogP contribution in [0.4, 0.5) is 0 Å². The highest BCUT2D eigenvalue weighted by atomic mass is 16.4. The van der Waals surface area contributed by atoms with Gasteiger partial charge in [-0.15, -0.1) is 4.91 Å². The molecule has 8 nitrogen and oxygen atoms in total. The summed E-state index contributed by atoms with van der Waals surface area (Å²) in [5.41, 5.74) is 0. The number of rotatable bonds is 4. The Balaban J connectivity index is 0. The highest BCUT2D eigenvalue weighted by Gasteiger charge is 1.99. The van der Waals surface area contributed by atoms with Gasteiger partial charge in [0, 0.05) is 11.6 Å². The smallest absolute Gasteiger partial charge is 0.322 e. The largest absolute Gasteiger partial charge is 0.480 e. The van der Waals surface area contributed by atoms with Gasteiger partial charge in [0.25, 0.3) is 5.91 Å². The Morgan fingerprint density at radius 1 is 1.33 bits per heavy atom. The zero-order valence-electron chi connectivity index (χ0n) is 8.10. The highest BCUT2D eigenvalue weighted by Crippen LogP contribution is 1.76. The predicted molar refractivity (Wildman–Crippen MR) is 48.8 cm³/mol. The van der Waals surface area contributed by atoms with Crippen LogP contribution in [0.5, 0.6) is 0 Å².